The summed E-state index contributed by atoms with van der Waals surface area (Å²) in [6.45, 7) is 3.85. The van der Waals surface area contributed by atoms with Crippen molar-refractivity contribution in [3.05, 3.63) is 59.7 Å². The second-order valence-corrected chi connectivity index (χ2v) is 7.59. The molecule has 2 atom stereocenters. The van der Waals surface area contributed by atoms with Crippen LogP contribution in [0.2, 0.25) is 0 Å². The lowest BCUT2D eigenvalue weighted by atomic mass is 9.74. The van der Waals surface area contributed by atoms with Crippen LogP contribution < -0.4 is 16.4 Å². The van der Waals surface area contributed by atoms with E-state index in [9.17, 15) is 9.59 Å². The minimum absolute atomic E-state index is 0.0469. The molecule has 1 saturated carbocycles. The molecule has 4 N–H and O–H groups in total. The lowest BCUT2D eigenvalue weighted by molar-refractivity contribution is -0.122. The van der Waals surface area contributed by atoms with E-state index in [1.54, 1.807) is 12.1 Å². The van der Waals surface area contributed by atoms with Gasteiger partial charge in [-0.1, -0.05) is 37.1 Å². The number of amides is 2. The van der Waals surface area contributed by atoms with Crippen LogP contribution in [-0.4, -0.2) is 17.4 Å². The fourth-order valence-corrected chi connectivity index (χ4v) is 3.70. The van der Waals surface area contributed by atoms with E-state index in [0.29, 0.717) is 16.9 Å². The van der Waals surface area contributed by atoms with Gasteiger partial charge in [0.2, 0.25) is 5.91 Å². The van der Waals surface area contributed by atoms with Crippen LogP contribution in [0, 0.1) is 12.8 Å². The van der Waals surface area contributed by atoms with Crippen LogP contribution in [0.25, 0.3) is 0 Å². The Labute approximate surface area is 160 Å². The molecule has 2 amide bonds. The number of hydrogen-bond donors (Lipinski definition) is 3. The maximum atomic E-state index is 12.8. The number of hydrogen-bond acceptors (Lipinski definition) is 3. The first-order valence-electron chi connectivity index (χ1n) is 9.44. The van der Waals surface area contributed by atoms with Crippen LogP contribution in [0.3, 0.4) is 0 Å². The first-order chi connectivity index (χ1) is 12.9. The van der Waals surface area contributed by atoms with Crippen molar-refractivity contribution in [1.29, 1.82) is 0 Å². The third-order valence-corrected chi connectivity index (χ3v) is 5.45. The number of carbonyl (C=O) groups is 2. The third kappa shape index (κ3) is 4.37. The van der Waals surface area contributed by atoms with Crippen LogP contribution >= 0.6 is 0 Å². The van der Waals surface area contributed by atoms with Crippen molar-refractivity contribution in [1.82, 2.24) is 0 Å². The van der Waals surface area contributed by atoms with Gasteiger partial charge in [0.05, 0.1) is 5.92 Å². The van der Waals surface area contributed by atoms with E-state index >= 15 is 0 Å². The number of carbonyl (C=O) groups excluding carboxylic acids is 2. The van der Waals surface area contributed by atoms with Crippen LogP contribution in [0.15, 0.2) is 48.5 Å². The van der Waals surface area contributed by atoms with Crippen molar-refractivity contribution in [3.8, 4) is 0 Å². The highest BCUT2D eigenvalue weighted by Crippen LogP contribution is 2.33. The molecule has 142 valence electrons. The molecule has 2 aromatic carbocycles. The van der Waals surface area contributed by atoms with Crippen molar-refractivity contribution >= 4 is 23.2 Å². The average Bonchev–Trinajstić information content (AvgIpc) is 2.65. The molecule has 0 aliphatic heterocycles. The Morgan fingerprint density at radius 2 is 1.67 bits per heavy atom. The van der Waals surface area contributed by atoms with E-state index < -0.39 is 5.54 Å². The number of anilines is 2. The van der Waals surface area contributed by atoms with Crippen molar-refractivity contribution in [2.24, 2.45) is 11.7 Å². The van der Waals surface area contributed by atoms with Crippen LogP contribution in [0.4, 0.5) is 11.4 Å². The molecule has 5 nitrogen and oxygen atoms in total. The summed E-state index contributed by atoms with van der Waals surface area (Å²) in [7, 11) is 0. The molecule has 0 aromatic heterocycles. The lowest BCUT2D eigenvalue weighted by Crippen LogP contribution is -2.51. The molecule has 1 fully saturated rings. The zero-order valence-corrected chi connectivity index (χ0v) is 15.9. The smallest absolute Gasteiger partial charge is 0.255 e. The highest BCUT2D eigenvalue weighted by molar-refractivity contribution is 6.05. The van der Waals surface area contributed by atoms with Gasteiger partial charge in [0.1, 0.15) is 0 Å². The van der Waals surface area contributed by atoms with Gasteiger partial charge in [-0.05, 0) is 56.5 Å². The Kier molecular flexibility index (Phi) is 5.61. The van der Waals surface area contributed by atoms with E-state index in [1.807, 2.05) is 50.2 Å². The molecule has 0 spiro atoms. The zero-order valence-electron chi connectivity index (χ0n) is 15.9. The molecule has 2 unspecified atom stereocenters. The number of rotatable bonds is 4. The number of benzene rings is 2. The van der Waals surface area contributed by atoms with Crippen molar-refractivity contribution in [2.45, 2.75) is 45.1 Å². The first-order valence-corrected chi connectivity index (χ1v) is 9.44. The van der Waals surface area contributed by atoms with Crippen molar-refractivity contribution in [3.63, 3.8) is 0 Å². The summed E-state index contributed by atoms with van der Waals surface area (Å²) < 4.78 is 0. The van der Waals surface area contributed by atoms with Gasteiger partial charge in [0, 0.05) is 22.5 Å². The highest BCUT2D eigenvalue weighted by atomic mass is 16.2. The molecule has 0 heterocycles. The molecule has 1 aliphatic rings. The zero-order chi connectivity index (χ0) is 19.4. The summed E-state index contributed by atoms with van der Waals surface area (Å²) in [5.74, 6) is -0.424. The summed E-state index contributed by atoms with van der Waals surface area (Å²) in [5, 5.41) is 5.94. The Morgan fingerprint density at radius 1 is 1.00 bits per heavy atom. The molecule has 0 saturated heterocycles. The summed E-state index contributed by atoms with van der Waals surface area (Å²) in [6.07, 6.45) is 3.76. The molecular formula is C22H27N3O2. The predicted molar refractivity (Wildman–Crippen MR) is 109 cm³/mol. The van der Waals surface area contributed by atoms with E-state index in [2.05, 4.69) is 10.6 Å². The number of nitrogens with one attached hydrogen (secondary N) is 2. The van der Waals surface area contributed by atoms with E-state index in [-0.39, 0.29) is 17.7 Å². The molecule has 27 heavy (non-hydrogen) atoms. The Bertz CT molecular complexity index is 831. The Balaban J connectivity index is 1.75. The monoisotopic (exact) mass is 365 g/mol. The normalized spacial score (nSPS) is 22.1. The average molecular weight is 365 g/mol. The molecule has 3 rings (SSSR count). The number of nitrogens with two attached hydrogens (primary N) is 1. The van der Waals surface area contributed by atoms with Crippen LogP contribution in [0.1, 0.15) is 48.5 Å². The van der Waals surface area contributed by atoms with E-state index in [1.165, 1.54) is 0 Å². The van der Waals surface area contributed by atoms with Gasteiger partial charge in [0.15, 0.2) is 0 Å². The van der Waals surface area contributed by atoms with Gasteiger partial charge in [-0.2, -0.15) is 0 Å². The molecule has 5 heteroatoms. The topological polar surface area (TPSA) is 84.2 Å². The fourth-order valence-electron chi connectivity index (χ4n) is 3.70. The Hall–Kier alpha value is -2.66. The molecular weight excluding hydrogens is 338 g/mol. The molecule has 1 aliphatic carbocycles. The summed E-state index contributed by atoms with van der Waals surface area (Å²) >= 11 is 0. The van der Waals surface area contributed by atoms with Crippen LogP contribution in [0.5, 0.6) is 0 Å². The second kappa shape index (κ2) is 7.92. The summed E-state index contributed by atoms with van der Waals surface area (Å²) in [5.41, 5.74) is 8.68. The standard InChI is InChI=1S/C22H27N3O2/c1-15-18(24-20(26)16-9-4-3-5-10-16)12-8-13-19(15)25-21(27)17-11-6-7-14-22(17,2)23/h3-5,8-10,12-13,17H,6-7,11,14,23H2,1-2H3,(H,24,26)(H,25,27). The SMILES string of the molecule is Cc1c(NC(=O)c2ccccc2)cccc1NC(=O)C1CCCCC1(C)N. The van der Waals surface area contributed by atoms with Gasteiger partial charge in [0.25, 0.3) is 5.91 Å². The lowest BCUT2D eigenvalue weighted by Gasteiger charge is -2.37. The van der Waals surface area contributed by atoms with Gasteiger partial charge < -0.3 is 16.4 Å². The quantitative estimate of drug-likeness (QED) is 0.763. The van der Waals surface area contributed by atoms with Gasteiger partial charge in [-0.3, -0.25) is 9.59 Å². The summed E-state index contributed by atoms with van der Waals surface area (Å²) in [4.78, 5) is 25.2. The fraction of sp³-hybridized carbons (Fsp3) is 0.364. The molecule has 2 aromatic rings. The molecule has 0 bridgehead atoms. The van der Waals surface area contributed by atoms with Crippen molar-refractivity contribution in [2.75, 3.05) is 10.6 Å². The largest absolute Gasteiger partial charge is 0.325 e. The predicted octanol–water partition coefficient (Wildman–Crippen LogP) is 4.09. The van der Waals surface area contributed by atoms with Gasteiger partial charge in [-0.25, -0.2) is 0 Å². The van der Waals surface area contributed by atoms with Gasteiger partial charge >= 0.3 is 0 Å². The Morgan fingerprint density at radius 3 is 2.33 bits per heavy atom. The second-order valence-electron chi connectivity index (χ2n) is 7.59. The summed E-state index contributed by atoms with van der Waals surface area (Å²) in [6, 6.07) is 14.6. The van der Waals surface area contributed by atoms with E-state index in [4.69, 9.17) is 5.73 Å². The highest BCUT2D eigenvalue weighted by Gasteiger charge is 2.37. The van der Waals surface area contributed by atoms with Gasteiger partial charge in [-0.15, -0.1) is 0 Å². The van der Waals surface area contributed by atoms with Crippen LogP contribution in [-0.2, 0) is 4.79 Å². The van der Waals surface area contributed by atoms with Crippen molar-refractivity contribution < 1.29 is 9.59 Å². The maximum Gasteiger partial charge on any atom is 0.255 e. The minimum atomic E-state index is -0.477. The molecule has 0 radical (unpaired) electrons. The van der Waals surface area contributed by atoms with E-state index in [0.717, 1.165) is 31.2 Å². The first kappa shape index (κ1) is 19.1. The maximum absolute atomic E-state index is 12.8. The third-order valence-electron chi connectivity index (χ3n) is 5.45. The minimum Gasteiger partial charge on any atom is -0.325 e.